The van der Waals surface area contributed by atoms with Gasteiger partial charge in [0.25, 0.3) is 0 Å². The summed E-state index contributed by atoms with van der Waals surface area (Å²) in [4.78, 5) is 29.1. The molecule has 1 unspecified atom stereocenters. The molecule has 0 saturated heterocycles. The highest BCUT2D eigenvalue weighted by atomic mass is 16.6. The van der Waals surface area contributed by atoms with Crippen LogP contribution in [-0.2, 0) is 9.47 Å². The lowest BCUT2D eigenvalue weighted by atomic mass is 9.85. The standard InChI is InChI=1S/C30H39N3O5/c1-20-11-9-14-24(21(20)2)26(25-18-33(19-32-25)28(35)38-30(6,7)8)22-12-10-13-23(17-22)36-16-15-31-27(34)37-29(3,4)5/h9-14,17-19,26H,15-16H2,1-8H3,(H,31,34). The van der Waals surface area contributed by atoms with Gasteiger partial charge in [-0.05, 0) is 89.8 Å². The molecular formula is C30H39N3O5. The number of alkyl carbamates (subject to hydrolysis) is 1. The molecule has 1 amide bonds. The number of nitrogens with one attached hydrogen (secondary N) is 1. The third-order valence-electron chi connectivity index (χ3n) is 5.69. The number of carbonyl (C=O) groups excluding carboxylic acids is 2. The van der Waals surface area contributed by atoms with E-state index in [1.807, 2.05) is 71.9 Å². The van der Waals surface area contributed by atoms with Gasteiger partial charge in [-0.3, -0.25) is 0 Å². The Balaban J connectivity index is 1.85. The molecule has 204 valence electrons. The number of ether oxygens (including phenoxy) is 3. The van der Waals surface area contributed by atoms with Gasteiger partial charge in [-0.1, -0.05) is 30.3 Å². The van der Waals surface area contributed by atoms with E-state index in [1.165, 1.54) is 16.5 Å². The highest BCUT2D eigenvalue weighted by molar-refractivity contribution is 5.71. The van der Waals surface area contributed by atoms with Crippen LogP contribution < -0.4 is 10.1 Å². The number of benzene rings is 2. The first-order valence-electron chi connectivity index (χ1n) is 12.8. The molecule has 0 spiro atoms. The molecule has 38 heavy (non-hydrogen) atoms. The fourth-order valence-electron chi connectivity index (χ4n) is 3.92. The molecule has 1 N–H and O–H groups in total. The van der Waals surface area contributed by atoms with Crippen molar-refractivity contribution >= 4 is 12.2 Å². The zero-order valence-electron chi connectivity index (χ0n) is 23.6. The van der Waals surface area contributed by atoms with Gasteiger partial charge in [0.15, 0.2) is 0 Å². The van der Waals surface area contributed by atoms with Crippen LogP contribution in [0.3, 0.4) is 0 Å². The molecule has 0 aliphatic heterocycles. The minimum absolute atomic E-state index is 0.234. The fourth-order valence-corrected chi connectivity index (χ4v) is 3.92. The molecule has 0 radical (unpaired) electrons. The van der Waals surface area contributed by atoms with Crippen molar-refractivity contribution in [2.24, 2.45) is 0 Å². The number of hydrogen-bond donors (Lipinski definition) is 1. The van der Waals surface area contributed by atoms with Crippen molar-refractivity contribution in [2.75, 3.05) is 13.2 Å². The first kappa shape index (κ1) is 28.8. The summed E-state index contributed by atoms with van der Waals surface area (Å²) in [7, 11) is 0. The Hall–Kier alpha value is -3.81. The molecule has 1 atom stereocenters. The van der Waals surface area contributed by atoms with Crippen molar-refractivity contribution in [1.82, 2.24) is 14.9 Å². The maximum atomic E-state index is 12.7. The van der Waals surface area contributed by atoms with Crippen LogP contribution in [0.4, 0.5) is 9.59 Å². The van der Waals surface area contributed by atoms with Crippen LogP contribution in [0.1, 0.15) is 75.4 Å². The Kier molecular flexibility index (Phi) is 8.86. The van der Waals surface area contributed by atoms with Gasteiger partial charge < -0.3 is 19.5 Å². The lowest BCUT2D eigenvalue weighted by Crippen LogP contribution is -2.34. The quantitative estimate of drug-likeness (QED) is 0.364. The molecule has 0 fully saturated rings. The van der Waals surface area contributed by atoms with Crippen molar-refractivity contribution in [3.05, 3.63) is 82.9 Å². The maximum Gasteiger partial charge on any atom is 0.419 e. The third kappa shape index (κ3) is 8.10. The third-order valence-corrected chi connectivity index (χ3v) is 5.69. The lowest BCUT2D eigenvalue weighted by Gasteiger charge is -2.21. The van der Waals surface area contributed by atoms with Gasteiger partial charge in [-0.15, -0.1) is 0 Å². The molecule has 8 heteroatoms. The van der Waals surface area contributed by atoms with Gasteiger partial charge in [0, 0.05) is 6.20 Å². The molecule has 0 bridgehead atoms. The Labute approximate surface area is 225 Å². The second-order valence-electron chi connectivity index (χ2n) is 11.3. The van der Waals surface area contributed by atoms with Gasteiger partial charge in [-0.2, -0.15) is 0 Å². The largest absolute Gasteiger partial charge is 0.492 e. The maximum absolute atomic E-state index is 12.7. The number of nitrogens with zero attached hydrogens (tertiary/aromatic N) is 2. The molecule has 1 aromatic heterocycles. The smallest absolute Gasteiger partial charge is 0.419 e. The zero-order valence-corrected chi connectivity index (χ0v) is 23.6. The average Bonchev–Trinajstić information content (AvgIpc) is 3.28. The van der Waals surface area contributed by atoms with Gasteiger partial charge >= 0.3 is 12.2 Å². The summed E-state index contributed by atoms with van der Waals surface area (Å²) in [6, 6.07) is 14.0. The average molecular weight is 522 g/mol. The van der Waals surface area contributed by atoms with E-state index in [-0.39, 0.29) is 12.5 Å². The second kappa shape index (κ2) is 11.7. The van der Waals surface area contributed by atoms with Crippen LogP contribution in [0, 0.1) is 13.8 Å². The topological polar surface area (TPSA) is 91.7 Å². The summed E-state index contributed by atoms with van der Waals surface area (Å²) in [5.74, 6) is 0.428. The number of hydrogen-bond acceptors (Lipinski definition) is 6. The Morgan fingerprint density at radius 3 is 2.34 bits per heavy atom. The summed E-state index contributed by atoms with van der Waals surface area (Å²) in [6.45, 7) is 15.7. The van der Waals surface area contributed by atoms with Crippen LogP contribution in [-0.4, -0.2) is 46.1 Å². The summed E-state index contributed by atoms with van der Waals surface area (Å²) in [5, 5.41) is 2.70. The van der Waals surface area contributed by atoms with Crippen LogP contribution >= 0.6 is 0 Å². The molecule has 8 nitrogen and oxygen atoms in total. The van der Waals surface area contributed by atoms with E-state index < -0.39 is 23.4 Å². The SMILES string of the molecule is Cc1cccc(C(c2cccc(OCCNC(=O)OC(C)(C)C)c2)c2cn(C(=O)OC(C)(C)C)cn2)c1C. The van der Waals surface area contributed by atoms with E-state index in [0.29, 0.717) is 18.0 Å². The Morgan fingerprint density at radius 2 is 1.66 bits per heavy atom. The number of aromatic nitrogens is 2. The highest BCUT2D eigenvalue weighted by Crippen LogP contribution is 2.35. The first-order chi connectivity index (χ1) is 17.7. The number of carbonyl (C=O) groups is 2. The molecule has 0 aliphatic carbocycles. The summed E-state index contributed by atoms with van der Waals surface area (Å²) in [5.41, 5.74) is 3.91. The Morgan fingerprint density at radius 1 is 0.974 bits per heavy atom. The van der Waals surface area contributed by atoms with Crippen molar-refractivity contribution < 1.29 is 23.8 Å². The minimum Gasteiger partial charge on any atom is -0.492 e. The second-order valence-corrected chi connectivity index (χ2v) is 11.3. The van der Waals surface area contributed by atoms with Crippen molar-refractivity contribution in [3.63, 3.8) is 0 Å². The van der Waals surface area contributed by atoms with E-state index in [9.17, 15) is 9.59 Å². The fraction of sp³-hybridized carbons (Fsp3) is 0.433. The highest BCUT2D eigenvalue weighted by Gasteiger charge is 2.25. The molecule has 3 rings (SSSR count). The zero-order chi connectivity index (χ0) is 28.1. The van der Waals surface area contributed by atoms with Gasteiger partial charge in [-0.25, -0.2) is 19.1 Å². The molecule has 3 aromatic rings. The summed E-state index contributed by atoms with van der Waals surface area (Å²) in [6.07, 6.45) is 2.25. The Bertz CT molecular complexity index is 1270. The predicted molar refractivity (Wildman–Crippen MR) is 147 cm³/mol. The number of aryl methyl sites for hydroxylation is 1. The van der Waals surface area contributed by atoms with E-state index >= 15 is 0 Å². The van der Waals surface area contributed by atoms with E-state index in [1.54, 1.807) is 6.20 Å². The minimum atomic E-state index is -0.613. The van der Waals surface area contributed by atoms with Crippen molar-refractivity contribution in [2.45, 2.75) is 72.5 Å². The summed E-state index contributed by atoms with van der Waals surface area (Å²) < 4.78 is 18.1. The molecule has 1 heterocycles. The van der Waals surface area contributed by atoms with Gasteiger partial charge in [0.05, 0.1) is 18.2 Å². The molecule has 0 aliphatic rings. The number of imidazole rings is 1. The number of amides is 1. The molecular weight excluding hydrogens is 482 g/mol. The van der Waals surface area contributed by atoms with E-state index in [0.717, 1.165) is 16.7 Å². The van der Waals surface area contributed by atoms with E-state index in [4.69, 9.17) is 14.2 Å². The molecule has 2 aromatic carbocycles. The first-order valence-corrected chi connectivity index (χ1v) is 12.8. The van der Waals surface area contributed by atoms with Gasteiger partial charge in [0.1, 0.15) is 29.9 Å². The molecule has 0 saturated carbocycles. The van der Waals surface area contributed by atoms with E-state index in [2.05, 4.69) is 36.3 Å². The van der Waals surface area contributed by atoms with Crippen molar-refractivity contribution in [1.29, 1.82) is 0 Å². The van der Waals surface area contributed by atoms with Crippen LogP contribution in [0.5, 0.6) is 5.75 Å². The van der Waals surface area contributed by atoms with Crippen LogP contribution in [0.2, 0.25) is 0 Å². The van der Waals surface area contributed by atoms with Crippen molar-refractivity contribution in [3.8, 4) is 5.75 Å². The van der Waals surface area contributed by atoms with Crippen LogP contribution in [0.15, 0.2) is 55.0 Å². The summed E-state index contributed by atoms with van der Waals surface area (Å²) >= 11 is 0. The van der Waals surface area contributed by atoms with Crippen LogP contribution in [0.25, 0.3) is 0 Å². The lowest BCUT2D eigenvalue weighted by molar-refractivity contribution is 0.0514. The monoisotopic (exact) mass is 521 g/mol. The predicted octanol–water partition coefficient (Wildman–Crippen LogP) is 6.37. The van der Waals surface area contributed by atoms with Gasteiger partial charge in [0.2, 0.25) is 0 Å². The normalized spacial score (nSPS) is 12.5. The number of rotatable bonds is 7.